The summed E-state index contributed by atoms with van der Waals surface area (Å²) in [5, 5.41) is 2.83. The van der Waals surface area contributed by atoms with Gasteiger partial charge in [-0.25, -0.2) is 0 Å². The number of nitrogens with two attached hydrogens (primary N) is 1. The average Bonchev–Trinajstić information content (AvgIpc) is 2.47. The van der Waals surface area contributed by atoms with E-state index in [1.807, 2.05) is 19.1 Å². The number of benzene rings is 2. The smallest absolute Gasteiger partial charge is 0.259 e. The van der Waals surface area contributed by atoms with Crippen LogP contribution in [0.5, 0.6) is 5.75 Å². The van der Waals surface area contributed by atoms with E-state index in [2.05, 4.69) is 5.32 Å². The first-order valence-electron chi connectivity index (χ1n) is 6.59. The molecule has 0 heterocycles. The number of anilines is 2. The van der Waals surface area contributed by atoms with Crippen LogP contribution in [-0.4, -0.2) is 12.5 Å². The number of para-hydroxylation sites is 1. The minimum absolute atomic E-state index is 0.193. The monoisotopic (exact) mass is 270 g/mol. The first kappa shape index (κ1) is 13.9. The Hall–Kier alpha value is -2.49. The van der Waals surface area contributed by atoms with E-state index >= 15 is 0 Å². The Morgan fingerprint density at radius 3 is 2.55 bits per heavy atom. The number of rotatable bonds is 5. The zero-order chi connectivity index (χ0) is 14.4. The fourth-order valence-corrected chi connectivity index (χ4v) is 1.76. The topological polar surface area (TPSA) is 64.3 Å². The molecule has 4 nitrogen and oxygen atoms in total. The third kappa shape index (κ3) is 3.51. The van der Waals surface area contributed by atoms with E-state index in [-0.39, 0.29) is 5.91 Å². The van der Waals surface area contributed by atoms with Crippen molar-refractivity contribution < 1.29 is 9.53 Å². The summed E-state index contributed by atoms with van der Waals surface area (Å²) in [4.78, 5) is 12.3. The standard InChI is InChI=1S/C16H18N2O2/c1-2-11-20-15-6-4-3-5-14(15)16(19)18-13-9-7-12(17)8-10-13/h3-10H,2,11,17H2,1H3,(H,18,19). The summed E-state index contributed by atoms with van der Waals surface area (Å²) in [7, 11) is 0. The lowest BCUT2D eigenvalue weighted by Gasteiger charge is -2.11. The van der Waals surface area contributed by atoms with Gasteiger partial charge < -0.3 is 15.8 Å². The summed E-state index contributed by atoms with van der Waals surface area (Å²) in [6.45, 7) is 2.61. The Labute approximate surface area is 118 Å². The van der Waals surface area contributed by atoms with Crippen LogP contribution >= 0.6 is 0 Å². The van der Waals surface area contributed by atoms with E-state index in [1.54, 1.807) is 36.4 Å². The van der Waals surface area contributed by atoms with Gasteiger partial charge in [-0.2, -0.15) is 0 Å². The maximum atomic E-state index is 12.3. The van der Waals surface area contributed by atoms with Crippen molar-refractivity contribution in [2.75, 3.05) is 17.7 Å². The van der Waals surface area contributed by atoms with Gasteiger partial charge in [-0.3, -0.25) is 4.79 Å². The van der Waals surface area contributed by atoms with Gasteiger partial charge in [0.25, 0.3) is 5.91 Å². The van der Waals surface area contributed by atoms with Crippen LogP contribution in [-0.2, 0) is 0 Å². The van der Waals surface area contributed by atoms with Crippen LogP contribution < -0.4 is 15.8 Å². The summed E-state index contributed by atoms with van der Waals surface area (Å²) >= 11 is 0. The van der Waals surface area contributed by atoms with Gasteiger partial charge in [0.15, 0.2) is 0 Å². The second kappa shape index (κ2) is 6.61. The van der Waals surface area contributed by atoms with Crippen LogP contribution in [0.15, 0.2) is 48.5 Å². The van der Waals surface area contributed by atoms with E-state index in [1.165, 1.54) is 0 Å². The highest BCUT2D eigenvalue weighted by molar-refractivity contribution is 6.06. The van der Waals surface area contributed by atoms with Crippen LogP contribution in [0.1, 0.15) is 23.7 Å². The van der Waals surface area contributed by atoms with Gasteiger partial charge >= 0.3 is 0 Å². The maximum Gasteiger partial charge on any atom is 0.259 e. The normalized spacial score (nSPS) is 10.1. The lowest BCUT2D eigenvalue weighted by atomic mass is 10.2. The molecule has 2 aromatic carbocycles. The largest absolute Gasteiger partial charge is 0.493 e. The minimum atomic E-state index is -0.193. The second-order valence-corrected chi connectivity index (χ2v) is 4.42. The van der Waals surface area contributed by atoms with Gasteiger partial charge in [-0.05, 0) is 42.8 Å². The fourth-order valence-electron chi connectivity index (χ4n) is 1.76. The van der Waals surface area contributed by atoms with Gasteiger partial charge in [0.1, 0.15) is 5.75 Å². The third-order valence-electron chi connectivity index (χ3n) is 2.76. The van der Waals surface area contributed by atoms with Gasteiger partial charge in [0, 0.05) is 11.4 Å². The highest BCUT2D eigenvalue weighted by atomic mass is 16.5. The summed E-state index contributed by atoms with van der Waals surface area (Å²) in [6.07, 6.45) is 0.897. The summed E-state index contributed by atoms with van der Waals surface area (Å²) < 4.78 is 5.58. The summed E-state index contributed by atoms with van der Waals surface area (Å²) in [5.74, 6) is 0.406. The molecule has 0 spiro atoms. The van der Waals surface area contributed by atoms with E-state index in [0.29, 0.717) is 29.3 Å². The molecule has 0 aliphatic rings. The maximum absolute atomic E-state index is 12.3. The molecule has 4 heteroatoms. The second-order valence-electron chi connectivity index (χ2n) is 4.42. The molecule has 0 bridgehead atoms. The van der Waals surface area contributed by atoms with Crippen molar-refractivity contribution in [2.45, 2.75) is 13.3 Å². The predicted octanol–water partition coefficient (Wildman–Crippen LogP) is 3.31. The van der Waals surface area contributed by atoms with Crippen molar-refractivity contribution in [3.8, 4) is 5.75 Å². The molecule has 0 unspecified atom stereocenters. The molecule has 0 aromatic heterocycles. The molecule has 0 aliphatic carbocycles. The van der Waals surface area contributed by atoms with Crippen molar-refractivity contribution in [3.05, 3.63) is 54.1 Å². The molecule has 0 saturated heterocycles. The first-order valence-corrected chi connectivity index (χ1v) is 6.59. The highest BCUT2D eigenvalue weighted by Crippen LogP contribution is 2.20. The van der Waals surface area contributed by atoms with Crippen molar-refractivity contribution >= 4 is 17.3 Å². The number of carbonyl (C=O) groups is 1. The highest BCUT2D eigenvalue weighted by Gasteiger charge is 2.12. The SMILES string of the molecule is CCCOc1ccccc1C(=O)Nc1ccc(N)cc1. The Morgan fingerprint density at radius 1 is 1.15 bits per heavy atom. The molecule has 2 aromatic rings. The van der Waals surface area contributed by atoms with Gasteiger partial charge in [-0.15, -0.1) is 0 Å². The van der Waals surface area contributed by atoms with Crippen LogP contribution in [0, 0.1) is 0 Å². The molecule has 0 saturated carbocycles. The van der Waals surface area contributed by atoms with Gasteiger partial charge in [0.2, 0.25) is 0 Å². The minimum Gasteiger partial charge on any atom is -0.493 e. The quantitative estimate of drug-likeness (QED) is 0.819. The predicted molar refractivity (Wildman–Crippen MR) is 81.0 cm³/mol. The Morgan fingerprint density at radius 2 is 1.85 bits per heavy atom. The number of hydrogen-bond donors (Lipinski definition) is 2. The van der Waals surface area contributed by atoms with Crippen LogP contribution in [0.2, 0.25) is 0 Å². The van der Waals surface area contributed by atoms with E-state index < -0.39 is 0 Å². The van der Waals surface area contributed by atoms with E-state index in [9.17, 15) is 4.79 Å². The molecule has 3 N–H and O–H groups in total. The van der Waals surface area contributed by atoms with E-state index in [0.717, 1.165) is 6.42 Å². The average molecular weight is 270 g/mol. The Bertz CT molecular complexity index is 579. The molecule has 0 atom stereocenters. The van der Waals surface area contributed by atoms with Crippen LogP contribution in [0.25, 0.3) is 0 Å². The van der Waals surface area contributed by atoms with E-state index in [4.69, 9.17) is 10.5 Å². The van der Waals surface area contributed by atoms with Gasteiger partial charge in [0.05, 0.1) is 12.2 Å². The number of nitrogen functional groups attached to an aromatic ring is 1. The number of hydrogen-bond acceptors (Lipinski definition) is 3. The number of amides is 1. The Kier molecular flexibility index (Phi) is 4.60. The van der Waals surface area contributed by atoms with Crippen molar-refractivity contribution in [1.29, 1.82) is 0 Å². The fraction of sp³-hybridized carbons (Fsp3) is 0.188. The summed E-state index contributed by atoms with van der Waals surface area (Å²) in [5.41, 5.74) is 7.51. The third-order valence-corrected chi connectivity index (χ3v) is 2.76. The first-order chi connectivity index (χ1) is 9.70. The van der Waals surface area contributed by atoms with Crippen LogP contribution in [0.3, 0.4) is 0 Å². The van der Waals surface area contributed by atoms with Gasteiger partial charge in [-0.1, -0.05) is 19.1 Å². The number of carbonyl (C=O) groups excluding carboxylic acids is 1. The lowest BCUT2D eigenvalue weighted by molar-refractivity contribution is 0.102. The van der Waals surface area contributed by atoms with Crippen molar-refractivity contribution in [2.24, 2.45) is 0 Å². The molecule has 0 radical (unpaired) electrons. The zero-order valence-electron chi connectivity index (χ0n) is 11.4. The van der Waals surface area contributed by atoms with Crippen molar-refractivity contribution in [3.63, 3.8) is 0 Å². The lowest BCUT2D eigenvalue weighted by Crippen LogP contribution is -2.13. The molecule has 0 aliphatic heterocycles. The summed E-state index contributed by atoms with van der Waals surface area (Å²) in [6, 6.07) is 14.2. The molecular weight excluding hydrogens is 252 g/mol. The molecular formula is C16H18N2O2. The zero-order valence-corrected chi connectivity index (χ0v) is 11.4. The number of ether oxygens (including phenoxy) is 1. The molecule has 1 amide bonds. The number of nitrogens with one attached hydrogen (secondary N) is 1. The van der Waals surface area contributed by atoms with Crippen molar-refractivity contribution in [1.82, 2.24) is 0 Å². The molecule has 2 rings (SSSR count). The molecule has 0 fully saturated rings. The van der Waals surface area contributed by atoms with Crippen LogP contribution in [0.4, 0.5) is 11.4 Å². The molecule has 104 valence electrons. The molecule has 20 heavy (non-hydrogen) atoms. The Balaban J connectivity index is 2.14.